The van der Waals surface area contributed by atoms with E-state index in [2.05, 4.69) is 33.1 Å². The molecule has 8 nitrogen and oxygen atoms in total. The fourth-order valence-electron chi connectivity index (χ4n) is 4.72. The van der Waals surface area contributed by atoms with E-state index in [1.165, 1.54) is 12.1 Å². The molecule has 0 saturated carbocycles. The van der Waals surface area contributed by atoms with Crippen LogP contribution in [0, 0.1) is 17.8 Å². The van der Waals surface area contributed by atoms with Gasteiger partial charge in [-0.05, 0) is 37.0 Å². The van der Waals surface area contributed by atoms with Gasteiger partial charge in [-0.1, -0.05) is 13.0 Å². The fraction of sp³-hybridized carbons (Fsp3) is 0.571. The summed E-state index contributed by atoms with van der Waals surface area (Å²) in [4.78, 5) is 40.3. The summed E-state index contributed by atoms with van der Waals surface area (Å²) in [6.45, 7) is 3.73. The number of hydrogen-bond donors (Lipinski definition) is 4. The van der Waals surface area contributed by atoms with Crippen molar-refractivity contribution in [1.29, 1.82) is 0 Å². The van der Waals surface area contributed by atoms with Crippen molar-refractivity contribution in [3.05, 3.63) is 29.8 Å². The van der Waals surface area contributed by atoms with Crippen molar-refractivity contribution in [2.24, 2.45) is 17.8 Å². The molecule has 5 unspecified atom stereocenters. The van der Waals surface area contributed by atoms with E-state index in [1.54, 1.807) is 0 Å². The Morgan fingerprint density at radius 3 is 2.72 bits per heavy atom. The molecule has 0 aliphatic carbocycles. The van der Waals surface area contributed by atoms with E-state index in [-0.39, 0.29) is 18.0 Å². The maximum atomic E-state index is 13.0. The maximum absolute atomic E-state index is 13.0. The van der Waals surface area contributed by atoms with E-state index >= 15 is 0 Å². The minimum absolute atomic E-state index is 0.0447. The van der Waals surface area contributed by atoms with Crippen molar-refractivity contribution in [2.45, 2.75) is 44.8 Å². The molecule has 0 radical (unpaired) electrons. The summed E-state index contributed by atoms with van der Waals surface area (Å²) in [5.74, 6) is -2.86. The van der Waals surface area contributed by atoms with Crippen molar-refractivity contribution >= 4 is 23.4 Å². The van der Waals surface area contributed by atoms with Crippen molar-refractivity contribution in [2.75, 3.05) is 18.4 Å². The number of likely N-dealkylation sites (tertiary alicyclic amines) is 1. The lowest BCUT2D eigenvalue weighted by Crippen LogP contribution is -2.74. The second kappa shape index (κ2) is 8.70. The van der Waals surface area contributed by atoms with Crippen LogP contribution in [0.4, 0.5) is 18.9 Å². The lowest BCUT2D eigenvalue weighted by Gasteiger charge is -2.47. The fourth-order valence-corrected chi connectivity index (χ4v) is 4.72. The van der Waals surface area contributed by atoms with E-state index in [1.807, 2.05) is 0 Å². The first kappa shape index (κ1) is 22.5. The highest BCUT2D eigenvalue weighted by Crippen LogP contribution is 2.32. The second-order valence-electron chi connectivity index (χ2n) is 8.77. The van der Waals surface area contributed by atoms with Crippen molar-refractivity contribution in [3.63, 3.8) is 0 Å². The summed E-state index contributed by atoms with van der Waals surface area (Å²) >= 11 is 0. The summed E-state index contributed by atoms with van der Waals surface area (Å²) in [5, 5.41) is 11.3. The maximum Gasteiger partial charge on any atom is 0.416 e. The van der Waals surface area contributed by atoms with Gasteiger partial charge in [-0.25, -0.2) is 0 Å². The summed E-state index contributed by atoms with van der Waals surface area (Å²) in [7, 11) is 0. The molecule has 4 N–H and O–H groups in total. The predicted octanol–water partition coefficient (Wildman–Crippen LogP) is 1.46. The molecule has 3 aliphatic heterocycles. The van der Waals surface area contributed by atoms with Gasteiger partial charge in [0.1, 0.15) is 6.29 Å². The van der Waals surface area contributed by atoms with Gasteiger partial charge >= 0.3 is 6.18 Å². The number of fused-ring (bicyclic) bond motifs is 1. The number of halogens is 3. The summed E-state index contributed by atoms with van der Waals surface area (Å²) in [5.41, 5.74) is -0.943. The van der Waals surface area contributed by atoms with Crippen LogP contribution >= 0.6 is 0 Å². The first-order valence-electron chi connectivity index (χ1n) is 10.7. The van der Waals surface area contributed by atoms with Crippen LogP contribution in [0.15, 0.2) is 24.3 Å². The van der Waals surface area contributed by atoms with E-state index in [4.69, 9.17) is 0 Å². The van der Waals surface area contributed by atoms with Crippen LogP contribution in [0.2, 0.25) is 0 Å². The first-order valence-corrected chi connectivity index (χ1v) is 10.7. The Kier molecular flexibility index (Phi) is 6.13. The van der Waals surface area contributed by atoms with Gasteiger partial charge in [0.25, 0.3) is 0 Å². The lowest BCUT2D eigenvalue weighted by atomic mass is 9.81. The zero-order valence-electron chi connectivity index (χ0n) is 17.5. The Hall–Kier alpha value is -2.66. The smallest absolute Gasteiger partial charge is 0.340 e. The molecule has 5 atom stereocenters. The molecular formula is C21H26F3N5O3. The quantitative estimate of drug-likeness (QED) is 0.555. The van der Waals surface area contributed by atoms with E-state index in [0.717, 1.165) is 38.1 Å². The third kappa shape index (κ3) is 4.73. The molecule has 11 heteroatoms. The number of anilines is 1. The highest BCUT2D eigenvalue weighted by atomic mass is 19.4. The molecule has 3 saturated heterocycles. The molecule has 3 heterocycles. The largest absolute Gasteiger partial charge is 0.416 e. The number of carbonyl (C=O) groups is 3. The normalized spacial score (nSPS) is 31.3. The number of amides is 3. The highest BCUT2D eigenvalue weighted by molar-refractivity contribution is 6.00. The SMILES string of the molecule is CC1CCCN(C2NC(=O)C3C(NC(=O)CC3C(=O)Nc3cccc(C(F)(F)F)c3)N2)C1. The van der Waals surface area contributed by atoms with Gasteiger partial charge in [0.2, 0.25) is 17.7 Å². The molecule has 0 spiro atoms. The average molecular weight is 453 g/mol. The van der Waals surface area contributed by atoms with Gasteiger partial charge in [0.15, 0.2) is 0 Å². The van der Waals surface area contributed by atoms with Crippen molar-refractivity contribution in [3.8, 4) is 0 Å². The number of rotatable bonds is 3. The van der Waals surface area contributed by atoms with Crippen LogP contribution in [0.3, 0.4) is 0 Å². The molecule has 0 bridgehead atoms. The first-order chi connectivity index (χ1) is 15.1. The van der Waals surface area contributed by atoms with Crippen LogP contribution < -0.4 is 21.3 Å². The van der Waals surface area contributed by atoms with E-state index < -0.39 is 47.8 Å². The molecule has 174 valence electrons. The molecule has 1 aromatic rings. The van der Waals surface area contributed by atoms with Gasteiger partial charge in [0, 0.05) is 25.2 Å². The van der Waals surface area contributed by atoms with Crippen LogP contribution in [0.1, 0.15) is 31.7 Å². The third-order valence-corrected chi connectivity index (χ3v) is 6.28. The van der Waals surface area contributed by atoms with Gasteiger partial charge in [-0.2, -0.15) is 13.2 Å². The molecule has 4 rings (SSSR count). The van der Waals surface area contributed by atoms with Crippen molar-refractivity contribution in [1.82, 2.24) is 20.9 Å². The van der Waals surface area contributed by atoms with Crippen molar-refractivity contribution < 1.29 is 27.6 Å². The van der Waals surface area contributed by atoms with Crippen LogP contribution in [-0.2, 0) is 20.6 Å². The monoisotopic (exact) mass is 453 g/mol. The summed E-state index contributed by atoms with van der Waals surface area (Å²) < 4.78 is 38.9. The third-order valence-electron chi connectivity index (χ3n) is 6.28. The number of alkyl halides is 3. The second-order valence-corrected chi connectivity index (χ2v) is 8.77. The number of carbonyl (C=O) groups excluding carboxylic acids is 3. The predicted molar refractivity (Wildman–Crippen MR) is 109 cm³/mol. The highest BCUT2D eigenvalue weighted by Gasteiger charge is 2.49. The number of benzene rings is 1. The number of hydrogen-bond acceptors (Lipinski definition) is 5. The number of piperidine rings is 2. The van der Waals surface area contributed by atoms with Gasteiger partial charge in [0.05, 0.1) is 23.6 Å². The van der Waals surface area contributed by atoms with Crippen LogP contribution in [0.25, 0.3) is 0 Å². The van der Waals surface area contributed by atoms with Gasteiger partial charge in [-0.3, -0.25) is 24.6 Å². The molecule has 1 aromatic carbocycles. The standard InChI is InChI=1S/C21H26F3N5O3/c1-11-4-3-7-29(10-11)20-27-17-16(19(32)28-20)14(9-15(30)26-17)18(31)25-13-6-2-5-12(8-13)21(22,23)24/h2,5-6,8,11,14,16-17,20,27H,3-4,7,9-10H2,1H3,(H,25,31)(H,26,30)(H,28,32). The number of nitrogens with one attached hydrogen (secondary N) is 4. The van der Waals surface area contributed by atoms with Crippen LogP contribution in [-0.4, -0.2) is 48.2 Å². The van der Waals surface area contributed by atoms with Gasteiger partial charge < -0.3 is 16.0 Å². The van der Waals surface area contributed by atoms with Gasteiger partial charge in [-0.15, -0.1) is 0 Å². The topological polar surface area (TPSA) is 103 Å². The molecule has 32 heavy (non-hydrogen) atoms. The number of nitrogens with zero attached hydrogens (tertiary/aromatic N) is 1. The van der Waals surface area contributed by atoms with E-state index in [9.17, 15) is 27.6 Å². The Balaban J connectivity index is 1.49. The molecule has 3 fully saturated rings. The minimum atomic E-state index is -4.55. The Bertz CT molecular complexity index is 909. The molecule has 3 amide bonds. The average Bonchev–Trinajstić information content (AvgIpc) is 2.72. The summed E-state index contributed by atoms with van der Waals surface area (Å²) in [6.07, 6.45) is -3.88. The van der Waals surface area contributed by atoms with E-state index in [0.29, 0.717) is 5.92 Å². The minimum Gasteiger partial charge on any atom is -0.340 e. The van der Waals surface area contributed by atoms with Crippen LogP contribution in [0.5, 0.6) is 0 Å². The molecule has 0 aromatic heterocycles. The zero-order valence-corrected chi connectivity index (χ0v) is 17.5. The Morgan fingerprint density at radius 1 is 1.22 bits per heavy atom. The summed E-state index contributed by atoms with van der Waals surface area (Å²) in [6, 6.07) is 4.25. The zero-order chi connectivity index (χ0) is 23.0. The molecular weight excluding hydrogens is 427 g/mol. The Labute approximate surface area is 183 Å². The Morgan fingerprint density at radius 2 is 2.00 bits per heavy atom. The molecule has 3 aliphatic rings. The lowest BCUT2D eigenvalue weighted by molar-refractivity contribution is -0.148.